The molecule has 0 fully saturated rings. The van der Waals surface area contributed by atoms with Gasteiger partial charge < -0.3 is 16.0 Å². The van der Waals surface area contributed by atoms with Gasteiger partial charge in [0.1, 0.15) is 6.04 Å². The second-order valence-electron chi connectivity index (χ2n) is 10.3. The van der Waals surface area contributed by atoms with Crippen molar-refractivity contribution in [1.82, 2.24) is 30.8 Å². The van der Waals surface area contributed by atoms with Crippen molar-refractivity contribution in [2.24, 2.45) is 11.7 Å². The number of hydrogen-bond acceptors (Lipinski definition) is 6. The van der Waals surface area contributed by atoms with Crippen LogP contribution in [0.3, 0.4) is 0 Å². The van der Waals surface area contributed by atoms with Crippen molar-refractivity contribution in [3.05, 3.63) is 90.0 Å². The van der Waals surface area contributed by atoms with E-state index in [1.54, 1.807) is 6.92 Å². The predicted octanol–water partition coefficient (Wildman–Crippen LogP) is 3.98. The maximum atomic E-state index is 13.9. The van der Waals surface area contributed by atoms with Gasteiger partial charge >= 0.3 is 0 Å². The summed E-state index contributed by atoms with van der Waals surface area (Å²) in [7, 11) is 0. The van der Waals surface area contributed by atoms with Gasteiger partial charge in [0.25, 0.3) is 0 Å². The highest BCUT2D eigenvalue weighted by Crippen LogP contribution is 2.30. The minimum absolute atomic E-state index is 0.0609. The van der Waals surface area contributed by atoms with Crippen LogP contribution < -0.4 is 11.1 Å². The van der Waals surface area contributed by atoms with Crippen LogP contribution in [0.15, 0.2) is 78.9 Å². The Morgan fingerprint density at radius 3 is 2.20 bits per heavy atom. The van der Waals surface area contributed by atoms with Crippen LogP contribution in [0.25, 0.3) is 22.5 Å². The van der Waals surface area contributed by atoms with Gasteiger partial charge in [-0.15, -0.1) is 10.2 Å². The number of aryl methyl sites for hydroxylation is 1. The quantitative estimate of drug-likeness (QED) is 0.250. The fourth-order valence-electron chi connectivity index (χ4n) is 4.54. The standard InChI is InChI=1S/C31H37N7O2/c1-21(2)38(31(40)28(33-30(39)22(3)19-32)18-15-23-9-5-4-6-10-23)20-24-13-16-25(17-14-24)26-11-7-8-12-27(26)29-34-36-37-35-29/h4-14,16-17,21-22,28H,15,18-20,32H2,1-3H3,(H,33,39)(H,34,35,36,37)/t22?,28-/m1/s1. The van der Waals surface area contributed by atoms with E-state index in [1.807, 2.05) is 97.6 Å². The molecule has 2 amide bonds. The van der Waals surface area contributed by atoms with Gasteiger partial charge in [-0.3, -0.25) is 9.59 Å². The summed E-state index contributed by atoms with van der Waals surface area (Å²) in [5, 5.41) is 17.4. The molecule has 0 radical (unpaired) electrons. The zero-order valence-electron chi connectivity index (χ0n) is 23.2. The fraction of sp³-hybridized carbons (Fsp3) is 0.323. The second-order valence-corrected chi connectivity index (χ2v) is 10.3. The van der Waals surface area contributed by atoms with E-state index >= 15 is 0 Å². The number of benzene rings is 3. The van der Waals surface area contributed by atoms with Gasteiger partial charge in [0.2, 0.25) is 17.6 Å². The normalized spacial score (nSPS) is 12.6. The van der Waals surface area contributed by atoms with Gasteiger partial charge in [0.05, 0.1) is 0 Å². The van der Waals surface area contributed by atoms with Crippen LogP contribution in [0.4, 0.5) is 0 Å². The number of amides is 2. The third-order valence-corrected chi connectivity index (χ3v) is 7.02. The predicted molar refractivity (Wildman–Crippen MR) is 156 cm³/mol. The number of aromatic amines is 1. The van der Waals surface area contributed by atoms with Crippen molar-refractivity contribution in [1.29, 1.82) is 0 Å². The molecule has 0 aliphatic carbocycles. The highest BCUT2D eigenvalue weighted by Gasteiger charge is 2.29. The van der Waals surface area contributed by atoms with Crippen LogP contribution in [0.2, 0.25) is 0 Å². The molecule has 4 aromatic rings. The molecule has 0 bridgehead atoms. The molecule has 0 saturated heterocycles. The molecule has 1 aromatic heterocycles. The lowest BCUT2D eigenvalue weighted by atomic mass is 9.98. The Hall–Kier alpha value is -4.37. The monoisotopic (exact) mass is 539 g/mol. The first kappa shape index (κ1) is 28.6. The molecule has 0 aliphatic heterocycles. The van der Waals surface area contributed by atoms with Crippen LogP contribution in [0.5, 0.6) is 0 Å². The Morgan fingerprint density at radius 1 is 0.900 bits per heavy atom. The van der Waals surface area contributed by atoms with Crippen LogP contribution in [0, 0.1) is 5.92 Å². The van der Waals surface area contributed by atoms with E-state index in [0.717, 1.165) is 27.8 Å². The van der Waals surface area contributed by atoms with Gasteiger partial charge in [-0.25, -0.2) is 0 Å². The summed E-state index contributed by atoms with van der Waals surface area (Å²) in [6.45, 7) is 6.40. The number of carbonyl (C=O) groups excluding carboxylic acids is 2. The lowest BCUT2D eigenvalue weighted by Crippen LogP contribution is -2.52. The third kappa shape index (κ3) is 7.18. The van der Waals surface area contributed by atoms with E-state index in [1.165, 1.54) is 0 Å². The maximum Gasteiger partial charge on any atom is 0.245 e. The average molecular weight is 540 g/mol. The molecular weight excluding hydrogens is 502 g/mol. The van der Waals surface area contributed by atoms with Gasteiger partial charge in [0.15, 0.2) is 0 Å². The van der Waals surface area contributed by atoms with Crippen molar-refractivity contribution < 1.29 is 9.59 Å². The SMILES string of the molecule is CC(CN)C(=O)N[C@H](CCc1ccccc1)C(=O)N(Cc1ccc(-c2ccccc2-c2nn[nH]n2)cc1)C(C)C. The summed E-state index contributed by atoms with van der Waals surface area (Å²) < 4.78 is 0. The Labute approximate surface area is 235 Å². The van der Waals surface area contributed by atoms with E-state index in [9.17, 15) is 9.59 Å². The third-order valence-electron chi connectivity index (χ3n) is 7.02. The van der Waals surface area contributed by atoms with E-state index in [2.05, 4.69) is 25.9 Å². The molecular formula is C31H37N7O2. The minimum atomic E-state index is -0.648. The second kappa shape index (κ2) is 13.6. The molecule has 9 nitrogen and oxygen atoms in total. The number of aromatic nitrogens is 4. The molecule has 0 saturated carbocycles. The Bertz CT molecular complexity index is 1370. The number of nitrogens with two attached hydrogens (primary N) is 1. The zero-order chi connectivity index (χ0) is 28.5. The van der Waals surface area contributed by atoms with Crippen LogP contribution in [0.1, 0.15) is 38.3 Å². The first-order valence-corrected chi connectivity index (χ1v) is 13.6. The number of rotatable bonds is 12. The molecule has 1 unspecified atom stereocenters. The minimum Gasteiger partial charge on any atom is -0.344 e. The summed E-state index contributed by atoms with van der Waals surface area (Å²) in [6.07, 6.45) is 1.18. The highest BCUT2D eigenvalue weighted by molar-refractivity contribution is 5.88. The summed E-state index contributed by atoms with van der Waals surface area (Å²) in [4.78, 5) is 28.5. The van der Waals surface area contributed by atoms with Gasteiger partial charge in [-0.05, 0) is 54.2 Å². The largest absolute Gasteiger partial charge is 0.344 e. The Morgan fingerprint density at radius 2 is 1.57 bits per heavy atom. The molecule has 3 aromatic carbocycles. The van der Waals surface area contributed by atoms with Crippen molar-refractivity contribution in [2.75, 3.05) is 6.54 Å². The number of nitrogens with zero attached hydrogens (tertiary/aromatic N) is 4. The van der Waals surface area contributed by atoms with Crippen molar-refractivity contribution in [3.8, 4) is 22.5 Å². The zero-order valence-corrected chi connectivity index (χ0v) is 23.2. The summed E-state index contributed by atoms with van der Waals surface area (Å²) in [5.74, 6) is -0.150. The Balaban J connectivity index is 1.53. The van der Waals surface area contributed by atoms with E-state index in [4.69, 9.17) is 5.73 Å². The molecule has 40 heavy (non-hydrogen) atoms. The number of nitrogens with one attached hydrogen (secondary N) is 2. The van der Waals surface area contributed by atoms with Crippen molar-refractivity contribution >= 4 is 11.8 Å². The first-order valence-electron chi connectivity index (χ1n) is 13.6. The topological polar surface area (TPSA) is 130 Å². The Kier molecular flexibility index (Phi) is 9.75. The summed E-state index contributed by atoms with van der Waals surface area (Å²) in [6, 6.07) is 25.3. The summed E-state index contributed by atoms with van der Waals surface area (Å²) >= 11 is 0. The average Bonchev–Trinajstić information content (AvgIpc) is 3.53. The maximum absolute atomic E-state index is 13.9. The molecule has 208 valence electrons. The van der Waals surface area contributed by atoms with E-state index in [0.29, 0.717) is 25.2 Å². The van der Waals surface area contributed by atoms with Crippen LogP contribution in [-0.2, 0) is 22.6 Å². The molecule has 4 rings (SSSR count). The number of tetrazole rings is 1. The van der Waals surface area contributed by atoms with Crippen molar-refractivity contribution in [3.63, 3.8) is 0 Å². The molecule has 4 N–H and O–H groups in total. The fourth-order valence-corrected chi connectivity index (χ4v) is 4.54. The van der Waals surface area contributed by atoms with Gasteiger partial charge in [-0.2, -0.15) is 5.21 Å². The lowest BCUT2D eigenvalue weighted by molar-refractivity contribution is -0.139. The van der Waals surface area contributed by atoms with Gasteiger partial charge in [0, 0.05) is 30.6 Å². The number of carbonyl (C=O) groups is 2. The van der Waals surface area contributed by atoms with Gasteiger partial charge in [-0.1, -0.05) is 85.8 Å². The first-order chi connectivity index (χ1) is 19.4. The molecule has 0 aliphatic rings. The molecule has 2 atom stereocenters. The van der Waals surface area contributed by atoms with E-state index < -0.39 is 6.04 Å². The van der Waals surface area contributed by atoms with Crippen LogP contribution in [-0.4, -0.2) is 56.0 Å². The van der Waals surface area contributed by atoms with E-state index in [-0.39, 0.29) is 30.3 Å². The number of hydrogen-bond donors (Lipinski definition) is 3. The lowest BCUT2D eigenvalue weighted by Gasteiger charge is -2.32. The number of H-pyrrole nitrogens is 1. The smallest absolute Gasteiger partial charge is 0.245 e. The molecule has 9 heteroatoms. The molecule has 0 spiro atoms. The summed E-state index contributed by atoms with van der Waals surface area (Å²) in [5.41, 5.74) is 10.7. The van der Waals surface area contributed by atoms with Crippen molar-refractivity contribution in [2.45, 2.75) is 52.2 Å². The highest BCUT2D eigenvalue weighted by atomic mass is 16.2. The molecule has 1 heterocycles. The van der Waals surface area contributed by atoms with Crippen LogP contribution >= 0.6 is 0 Å².